The molecule has 0 aliphatic carbocycles. The fraction of sp³-hybridized carbons (Fsp3) is 1.00. The lowest BCUT2D eigenvalue weighted by Crippen LogP contribution is -2.40. The second kappa shape index (κ2) is 6.75. The minimum absolute atomic E-state index is 0.0441. The van der Waals surface area contributed by atoms with E-state index >= 15 is 0 Å². The number of hydrogen-bond donors (Lipinski definition) is 1. The highest BCUT2D eigenvalue weighted by molar-refractivity contribution is 4.77. The van der Waals surface area contributed by atoms with Crippen molar-refractivity contribution in [1.29, 1.82) is 0 Å². The van der Waals surface area contributed by atoms with Crippen LogP contribution in [0.3, 0.4) is 0 Å². The predicted octanol–water partition coefficient (Wildman–Crippen LogP) is 2.88. The first-order valence-electron chi connectivity index (χ1n) is 6.82. The van der Waals surface area contributed by atoms with Crippen molar-refractivity contribution in [2.24, 2.45) is 23.5 Å². The van der Waals surface area contributed by atoms with Crippen molar-refractivity contribution in [2.45, 2.75) is 39.3 Å². The molecule has 1 aliphatic rings. The maximum absolute atomic E-state index is 12.7. The van der Waals surface area contributed by atoms with Gasteiger partial charge in [0.1, 0.15) is 0 Å². The molecule has 0 amide bonds. The Hall–Kier alpha value is -0.290. The van der Waals surface area contributed by atoms with E-state index in [-0.39, 0.29) is 19.4 Å². The van der Waals surface area contributed by atoms with Gasteiger partial charge in [0, 0.05) is 13.1 Å². The smallest absolute Gasteiger partial charge is 0.330 e. The molecule has 0 bridgehead atoms. The van der Waals surface area contributed by atoms with Gasteiger partial charge in [0.05, 0.1) is 5.92 Å². The lowest BCUT2D eigenvalue weighted by Gasteiger charge is -2.35. The van der Waals surface area contributed by atoms with Gasteiger partial charge in [-0.25, -0.2) is 0 Å². The molecule has 1 rings (SSSR count). The summed E-state index contributed by atoms with van der Waals surface area (Å²) in [5, 5.41) is 0. The molecule has 3 atom stereocenters. The lowest BCUT2D eigenvalue weighted by atomic mass is 9.91. The summed E-state index contributed by atoms with van der Waals surface area (Å²) in [6.45, 7) is 6.85. The summed E-state index contributed by atoms with van der Waals surface area (Å²) in [6.07, 6.45) is -2.70. The fourth-order valence-electron chi connectivity index (χ4n) is 2.99. The minimum atomic E-state index is -4.10. The van der Waals surface area contributed by atoms with E-state index in [1.165, 1.54) is 6.42 Å². The summed E-state index contributed by atoms with van der Waals surface area (Å²) in [5.74, 6) is -0.0600. The Morgan fingerprint density at radius 1 is 1.17 bits per heavy atom. The van der Waals surface area contributed by atoms with Gasteiger partial charge in [-0.3, -0.25) is 0 Å². The first-order valence-corrected chi connectivity index (χ1v) is 6.82. The van der Waals surface area contributed by atoms with Crippen molar-refractivity contribution in [1.82, 2.24) is 4.90 Å². The zero-order valence-corrected chi connectivity index (χ0v) is 11.3. The van der Waals surface area contributed by atoms with Crippen LogP contribution in [-0.4, -0.2) is 37.3 Å². The summed E-state index contributed by atoms with van der Waals surface area (Å²) < 4.78 is 38.2. The third kappa shape index (κ3) is 5.14. The van der Waals surface area contributed by atoms with Crippen LogP contribution in [0.15, 0.2) is 0 Å². The van der Waals surface area contributed by atoms with Crippen LogP contribution in [0.2, 0.25) is 0 Å². The van der Waals surface area contributed by atoms with Crippen LogP contribution in [0.4, 0.5) is 13.2 Å². The molecule has 108 valence electrons. The van der Waals surface area contributed by atoms with E-state index in [4.69, 9.17) is 5.73 Å². The minimum Gasteiger partial charge on any atom is -0.330 e. The van der Waals surface area contributed by atoms with E-state index in [1.807, 2.05) is 0 Å². The molecule has 5 heteroatoms. The molecule has 0 aromatic rings. The molecule has 0 aromatic heterocycles. The van der Waals surface area contributed by atoms with Crippen molar-refractivity contribution in [3.63, 3.8) is 0 Å². The molecule has 1 aliphatic heterocycles. The lowest BCUT2D eigenvalue weighted by molar-refractivity contribution is -0.178. The van der Waals surface area contributed by atoms with Crippen LogP contribution < -0.4 is 5.73 Å². The zero-order chi connectivity index (χ0) is 13.8. The molecule has 0 spiro atoms. The summed E-state index contributed by atoms with van der Waals surface area (Å²) in [6, 6.07) is 0. The Morgan fingerprint density at radius 2 is 1.72 bits per heavy atom. The van der Waals surface area contributed by atoms with Gasteiger partial charge in [-0.05, 0) is 44.2 Å². The van der Waals surface area contributed by atoms with Gasteiger partial charge in [-0.1, -0.05) is 13.8 Å². The molecule has 2 nitrogen and oxygen atoms in total. The van der Waals surface area contributed by atoms with Crippen LogP contribution in [0.5, 0.6) is 0 Å². The highest BCUT2D eigenvalue weighted by atomic mass is 19.4. The monoisotopic (exact) mass is 266 g/mol. The summed E-state index contributed by atoms with van der Waals surface area (Å²) >= 11 is 0. The quantitative estimate of drug-likeness (QED) is 0.829. The van der Waals surface area contributed by atoms with Gasteiger partial charge in [-0.15, -0.1) is 0 Å². The number of halogens is 3. The number of hydrogen-bond acceptors (Lipinski definition) is 2. The average Bonchev–Trinajstić information content (AvgIpc) is 2.21. The van der Waals surface area contributed by atoms with Gasteiger partial charge in [0.25, 0.3) is 0 Å². The molecule has 1 saturated heterocycles. The average molecular weight is 266 g/mol. The molecule has 1 fully saturated rings. The van der Waals surface area contributed by atoms with E-state index in [0.29, 0.717) is 18.4 Å². The number of nitrogens with two attached hydrogens (primary N) is 1. The van der Waals surface area contributed by atoms with Crippen molar-refractivity contribution in [3.05, 3.63) is 0 Å². The fourth-order valence-corrected chi connectivity index (χ4v) is 2.99. The molecule has 2 N–H and O–H groups in total. The molecule has 0 radical (unpaired) electrons. The highest BCUT2D eigenvalue weighted by Crippen LogP contribution is 2.32. The van der Waals surface area contributed by atoms with Crippen molar-refractivity contribution in [2.75, 3.05) is 26.2 Å². The third-order valence-corrected chi connectivity index (χ3v) is 3.72. The van der Waals surface area contributed by atoms with Gasteiger partial charge in [-0.2, -0.15) is 13.2 Å². The second-order valence-electron chi connectivity index (χ2n) is 5.81. The molecule has 3 unspecified atom stereocenters. The molecular formula is C13H25F3N2. The van der Waals surface area contributed by atoms with Gasteiger partial charge in [0.15, 0.2) is 0 Å². The zero-order valence-electron chi connectivity index (χ0n) is 11.3. The molecule has 0 saturated carbocycles. The van der Waals surface area contributed by atoms with Gasteiger partial charge in [0.2, 0.25) is 0 Å². The van der Waals surface area contributed by atoms with E-state index < -0.39 is 12.1 Å². The van der Waals surface area contributed by atoms with E-state index in [0.717, 1.165) is 13.1 Å². The number of rotatable bonds is 5. The molecule has 1 heterocycles. The largest absolute Gasteiger partial charge is 0.391 e. The number of alkyl halides is 3. The Morgan fingerprint density at radius 3 is 2.17 bits per heavy atom. The normalized spacial score (nSPS) is 28.3. The Kier molecular flexibility index (Phi) is 5.92. The van der Waals surface area contributed by atoms with Gasteiger partial charge >= 0.3 is 6.18 Å². The maximum Gasteiger partial charge on any atom is 0.391 e. The van der Waals surface area contributed by atoms with Crippen molar-refractivity contribution in [3.8, 4) is 0 Å². The summed E-state index contributed by atoms with van der Waals surface area (Å²) in [7, 11) is 0. The Balaban J connectivity index is 2.41. The van der Waals surface area contributed by atoms with E-state index in [9.17, 15) is 13.2 Å². The Labute approximate surface area is 108 Å². The third-order valence-electron chi connectivity index (χ3n) is 3.72. The van der Waals surface area contributed by atoms with Crippen LogP contribution in [0.25, 0.3) is 0 Å². The second-order valence-corrected chi connectivity index (χ2v) is 5.81. The predicted molar refractivity (Wildman–Crippen MR) is 67.2 cm³/mol. The van der Waals surface area contributed by atoms with Crippen LogP contribution in [0.1, 0.15) is 33.1 Å². The van der Waals surface area contributed by atoms with Crippen LogP contribution in [0, 0.1) is 17.8 Å². The number of piperidine rings is 1. The van der Waals surface area contributed by atoms with E-state index in [2.05, 4.69) is 18.7 Å². The summed E-state index contributed by atoms with van der Waals surface area (Å²) in [5.41, 5.74) is 5.27. The number of nitrogens with zero attached hydrogens (tertiary/aromatic N) is 1. The molecule has 18 heavy (non-hydrogen) atoms. The Bertz CT molecular complexity index is 233. The van der Waals surface area contributed by atoms with Crippen molar-refractivity contribution >= 4 is 0 Å². The van der Waals surface area contributed by atoms with Crippen molar-refractivity contribution < 1.29 is 13.2 Å². The number of likely N-dealkylation sites (tertiary alicyclic amines) is 1. The SMILES string of the molecule is CC1CC(C)CN(CCC(CCN)C(F)(F)F)C1. The topological polar surface area (TPSA) is 29.3 Å². The van der Waals surface area contributed by atoms with E-state index in [1.54, 1.807) is 0 Å². The van der Waals surface area contributed by atoms with Crippen LogP contribution in [-0.2, 0) is 0 Å². The van der Waals surface area contributed by atoms with Gasteiger partial charge < -0.3 is 10.6 Å². The first kappa shape index (κ1) is 15.8. The molecule has 0 aromatic carbocycles. The molecular weight excluding hydrogens is 241 g/mol. The maximum atomic E-state index is 12.7. The standard InChI is InChI=1S/C13H25F3N2/c1-10-7-11(2)9-18(8-10)6-4-12(3-5-17)13(14,15)16/h10-12H,3-9,17H2,1-2H3. The summed E-state index contributed by atoms with van der Waals surface area (Å²) in [4.78, 5) is 2.17. The van der Waals surface area contributed by atoms with Crippen LogP contribution >= 0.6 is 0 Å². The first-order chi connectivity index (χ1) is 8.32. The highest BCUT2D eigenvalue weighted by Gasteiger charge is 2.38.